The Hall–Kier alpha value is -0.810. The lowest BCUT2D eigenvalue weighted by molar-refractivity contribution is 0.0671. The van der Waals surface area contributed by atoms with Crippen molar-refractivity contribution in [3.8, 4) is 0 Å². The summed E-state index contributed by atoms with van der Waals surface area (Å²) in [7, 11) is 1.67. The minimum atomic E-state index is 0.120. The topological polar surface area (TPSA) is 60.1 Å². The number of rotatable bonds is 3. The molecule has 1 saturated heterocycles. The zero-order valence-electron chi connectivity index (χ0n) is 8.90. The Morgan fingerprint density at radius 2 is 2.21 bits per heavy atom. The van der Waals surface area contributed by atoms with Crippen LogP contribution in [0.3, 0.4) is 0 Å². The molecule has 5 heteroatoms. The number of nitrogens with zero attached hydrogens (tertiary/aromatic N) is 2. The Labute approximate surface area is 84.9 Å². The lowest BCUT2D eigenvalue weighted by Gasteiger charge is -2.27. The van der Waals surface area contributed by atoms with Gasteiger partial charge in [-0.05, 0) is 6.92 Å². The first-order valence-corrected chi connectivity index (χ1v) is 4.89. The number of ether oxygens (including phenoxy) is 2. The van der Waals surface area contributed by atoms with Gasteiger partial charge in [-0.3, -0.25) is 4.99 Å². The van der Waals surface area contributed by atoms with E-state index in [1.54, 1.807) is 7.11 Å². The van der Waals surface area contributed by atoms with E-state index in [2.05, 4.69) is 4.99 Å². The van der Waals surface area contributed by atoms with Gasteiger partial charge in [-0.1, -0.05) is 0 Å². The van der Waals surface area contributed by atoms with Crippen LogP contribution in [0.15, 0.2) is 4.99 Å². The van der Waals surface area contributed by atoms with Crippen molar-refractivity contribution in [3.63, 3.8) is 0 Å². The van der Waals surface area contributed by atoms with Gasteiger partial charge in [0.25, 0.3) is 0 Å². The second kappa shape index (κ2) is 5.82. The van der Waals surface area contributed by atoms with Crippen molar-refractivity contribution in [2.24, 2.45) is 10.7 Å². The van der Waals surface area contributed by atoms with Crippen LogP contribution in [0.1, 0.15) is 6.92 Å². The molecular weight excluding hydrogens is 182 g/mol. The summed E-state index contributed by atoms with van der Waals surface area (Å²) in [6.45, 7) is 5.70. The van der Waals surface area contributed by atoms with Crippen molar-refractivity contribution in [1.82, 2.24) is 4.90 Å². The predicted octanol–water partition coefficient (Wildman–Crippen LogP) is -0.332. The Bertz CT molecular complexity index is 190. The van der Waals surface area contributed by atoms with Crippen LogP contribution in [0, 0.1) is 0 Å². The zero-order chi connectivity index (χ0) is 10.4. The van der Waals surface area contributed by atoms with Crippen LogP contribution in [0.25, 0.3) is 0 Å². The molecule has 0 aliphatic carbocycles. The van der Waals surface area contributed by atoms with E-state index in [-0.39, 0.29) is 6.10 Å². The molecule has 1 aliphatic rings. The monoisotopic (exact) mass is 201 g/mol. The molecule has 1 atom stereocenters. The normalized spacial score (nSPS) is 21.0. The maximum Gasteiger partial charge on any atom is 0.191 e. The summed E-state index contributed by atoms with van der Waals surface area (Å²) in [5, 5.41) is 0. The number of aliphatic imine (C=N–C) groups is 1. The maximum absolute atomic E-state index is 5.82. The van der Waals surface area contributed by atoms with Crippen molar-refractivity contribution in [3.05, 3.63) is 0 Å². The summed E-state index contributed by atoms with van der Waals surface area (Å²) in [4.78, 5) is 6.29. The van der Waals surface area contributed by atoms with E-state index in [0.29, 0.717) is 12.5 Å². The van der Waals surface area contributed by atoms with E-state index < -0.39 is 0 Å². The Kier molecular flexibility index (Phi) is 4.69. The number of nitrogens with two attached hydrogens (primary N) is 1. The lowest BCUT2D eigenvalue weighted by atomic mass is 10.4. The summed E-state index contributed by atoms with van der Waals surface area (Å²) in [6.07, 6.45) is 0.120. The van der Waals surface area contributed by atoms with Crippen molar-refractivity contribution in [1.29, 1.82) is 0 Å². The first-order chi connectivity index (χ1) is 6.74. The molecule has 0 amide bonds. The molecule has 1 rings (SSSR count). The fourth-order valence-corrected chi connectivity index (χ4v) is 1.19. The minimum absolute atomic E-state index is 0.120. The highest BCUT2D eigenvalue weighted by atomic mass is 16.5. The van der Waals surface area contributed by atoms with Crippen LogP contribution in [-0.4, -0.2) is 56.9 Å². The molecule has 0 spiro atoms. The van der Waals surface area contributed by atoms with Gasteiger partial charge in [-0.15, -0.1) is 0 Å². The highest BCUT2D eigenvalue weighted by molar-refractivity contribution is 5.78. The molecular formula is C9H19N3O2. The van der Waals surface area contributed by atoms with Gasteiger partial charge in [0.05, 0.1) is 25.9 Å². The van der Waals surface area contributed by atoms with Gasteiger partial charge in [-0.25, -0.2) is 0 Å². The average Bonchev–Trinajstić information content (AvgIpc) is 2.26. The summed E-state index contributed by atoms with van der Waals surface area (Å²) in [5.41, 5.74) is 5.82. The van der Waals surface area contributed by atoms with Gasteiger partial charge < -0.3 is 20.1 Å². The van der Waals surface area contributed by atoms with Crippen molar-refractivity contribution in [2.45, 2.75) is 13.0 Å². The second-order valence-electron chi connectivity index (χ2n) is 3.34. The highest BCUT2D eigenvalue weighted by Crippen LogP contribution is 1.97. The molecule has 5 nitrogen and oxygen atoms in total. The number of hydrogen-bond donors (Lipinski definition) is 1. The van der Waals surface area contributed by atoms with Crippen LogP contribution < -0.4 is 5.73 Å². The molecule has 0 bridgehead atoms. The largest absolute Gasteiger partial charge is 0.380 e. The zero-order valence-corrected chi connectivity index (χ0v) is 8.90. The predicted molar refractivity (Wildman–Crippen MR) is 55.4 cm³/mol. The van der Waals surface area contributed by atoms with E-state index in [9.17, 15) is 0 Å². The van der Waals surface area contributed by atoms with Gasteiger partial charge >= 0.3 is 0 Å². The van der Waals surface area contributed by atoms with Gasteiger partial charge in [0.15, 0.2) is 5.96 Å². The minimum Gasteiger partial charge on any atom is -0.380 e. The Balaban J connectivity index is 2.34. The van der Waals surface area contributed by atoms with Crippen LogP contribution >= 0.6 is 0 Å². The SMILES string of the molecule is CO[C@@H](C)CN=C(N)N1CCOCC1. The van der Waals surface area contributed by atoms with E-state index in [1.807, 2.05) is 11.8 Å². The van der Waals surface area contributed by atoms with Gasteiger partial charge in [0.2, 0.25) is 0 Å². The Morgan fingerprint density at radius 3 is 2.79 bits per heavy atom. The Morgan fingerprint density at radius 1 is 1.57 bits per heavy atom. The molecule has 0 unspecified atom stereocenters. The summed E-state index contributed by atoms with van der Waals surface area (Å²) in [6, 6.07) is 0. The summed E-state index contributed by atoms with van der Waals surface area (Å²) in [5.74, 6) is 0.595. The molecule has 1 fully saturated rings. The second-order valence-corrected chi connectivity index (χ2v) is 3.34. The van der Waals surface area contributed by atoms with E-state index in [1.165, 1.54) is 0 Å². The molecule has 0 aromatic heterocycles. The van der Waals surface area contributed by atoms with Gasteiger partial charge in [0.1, 0.15) is 0 Å². The van der Waals surface area contributed by atoms with Crippen molar-refractivity contribution < 1.29 is 9.47 Å². The molecule has 1 heterocycles. The van der Waals surface area contributed by atoms with Crippen LogP contribution in [0.4, 0.5) is 0 Å². The van der Waals surface area contributed by atoms with Crippen LogP contribution in [0.5, 0.6) is 0 Å². The average molecular weight is 201 g/mol. The number of hydrogen-bond acceptors (Lipinski definition) is 3. The first kappa shape index (κ1) is 11.3. The smallest absolute Gasteiger partial charge is 0.191 e. The van der Waals surface area contributed by atoms with Crippen molar-refractivity contribution in [2.75, 3.05) is 40.0 Å². The number of guanidine groups is 1. The van der Waals surface area contributed by atoms with Crippen LogP contribution in [0.2, 0.25) is 0 Å². The van der Waals surface area contributed by atoms with Crippen molar-refractivity contribution >= 4 is 5.96 Å². The standard InChI is InChI=1S/C9H19N3O2/c1-8(13-2)7-11-9(10)12-3-5-14-6-4-12/h8H,3-7H2,1-2H3,(H2,10,11)/t8-/m0/s1. The van der Waals surface area contributed by atoms with E-state index >= 15 is 0 Å². The third kappa shape index (κ3) is 3.51. The third-order valence-electron chi connectivity index (χ3n) is 2.25. The molecule has 1 aliphatic heterocycles. The first-order valence-electron chi connectivity index (χ1n) is 4.89. The summed E-state index contributed by atoms with van der Waals surface area (Å²) >= 11 is 0. The quantitative estimate of drug-likeness (QED) is 0.501. The summed E-state index contributed by atoms with van der Waals surface area (Å²) < 4.78 is 10.3. The fourth-order valence-electron chi connectivity index (χ4n) is 1.19. The van der Waals surface area contributed by atoms with Gasteiger partial charge in [0, 0.05) is 20.2 Å². The number of methoxy groups -OCH3 is 1. The van der Waals surface area contributed by atoms with Gasteiger partial charge in [-0.2, -0.15) is 0 Å². The van der Waals surface area contributed by atoms with E-state index in [0.717, 1.165) is 26.3 Å². The molecule has 82 valence electrons. The molecule has 2 N–H and O–H groups in total. The van der Waals surface area contributed by atoms with Crippen LogP contribution in [-0.2, 0) is 9.47 Å². The number of morpholine rings is 1. The molecule has 14 heavy (non-hydrogen) atoms. The third-order valence-corrected chi connectivity index (χ3v) is 2.25. The lowest BCUT2D eigenvalue weighted by Crippen LogP contribution is -2.45. The fraction of sp³-hybridized carbons (Fsp3) is 0.889. The maximum atomic E-state index is 5.82. The molecule has 0 radical (unpaired) electrons. The highest BCUT2D eigenvalue weighted by Gasteiger charge is 2.12. The van der Waals surface area contributed by atoms with E-state index in [4.69, 9.17) is 15.2 Å². The molecule has 0 aromatic rings. The molecule has 0 aromatic carbocycles. The molecule has 0 saturated carbocycles.